The van der Waals surface area contributed by atoms with Gasteiger partial charge in [0.2, 0.25) is 0 Å². The van der Waals surface area contributed by atoms with Crippen molar-refractivity contribution >= 4 is 23.6 Å². The summed E-state index contributed by atoms with van der Waals surface area (Å²) in [5.74, 6) is 0.657. The Bertz CT molecular complexity index is 1220. The minimum atomic E-state index is -0.470. The average Bonchev–Trinajstić information content (AvgIpc) is 3.33. The van der Waals surface area contributed by atoms with E-state index in [2.05, 4.69) is 12.2 Å². The van der Waals surface area contributed by atoms with Gasteiger partial charge in [0.25, 0.3) is 17.5 Å². The minimum absolute atomic E-state index is 0.0451. The molecule has 1 saturated heterocycles. The first-order chi connectivity index (χ1) is 16.4. The molecular formula is C26H25N3O5. The molecule has 1 N–H and O–H groups in total. The van der Waals surface area contributed by atoms with Crippen LogP contribution in [0.5, 0.6) is 0 Å². The van der Waals surface area contributed by atoms with Crippen molar-refractivity contribution in [2.24, 2.45) is 5.92 Å². The smallest absolute Gasteiger partial charge is 0.270 e. The van der Waals surface area contributed by atoms with Gasteiger partial charge in [-0.1, -0.05) is 37.3 Å². The van der Waals surface area contributed by atoms with Gasteiger partial charge in [-0.25, -0.2) is 0 Å². The van der Waals surface area contributed by atoms with Crippen LogP contribution in [0.4, 0.5) is 5.69 Å². The number of likely N-dealkylation sites (tertiary alicyclic amines) is 1. The summed E-state index contributed by atoms with van der Waals surface area (Å²) in [5, 5.41) is 13.8. The van der Waals surface area contributed by atoms with Gasteiger partial charge in [0, 0.05) is 42.4 Å². The van der Waals surface area contributed by atoms with Gasteiger partial charge in [-0.05, 0) is 43.0 Å². The Morgan fingerprint density at radius 3 is 2.50 bits per heavy atom. The van der Waals surface area contributed by atoms with Crippen molar-refractivity contribution in [2.45, 2.75) is 19.8 Å². The largest absolute Gasteiger partial charge is 0.457 e. The van der Waals surface area contributed by atoms with E-state index in [1.54, 1.807) is 53.4 Å². The topological polar surface area (TPSA) is 106 Å². The first-order valence-corrected chi connectivity index (χ1v) is 11.1. The number of nitro groups is 1. The fourth-order valence-electron chi connectivity index (χ4n) is 3.82. The van der Waals surface area contributed by atoms with Gasteiger partial charge in [0.05, 0.1) is 4.92 Å². The lowest BCUT2D eigenvalue weighted by molar-refractivity contribution is -0.384. The number of amides is 2. The van der Waals surface area contributed by atoms with E-state index < -0.39 is 10.8 Å². The quantitative estimate of drug-likeness (QED) is 0.321. The molecule has 174 valence electrons. The van der Waals surface area contributed by atoms with Crippen molar-refractivity contribution in [1.29, 1.82) is 0 Å². The number of furan rings is 1. The van der Waals surface area contributed by atoms with Crippen LogP contribution in [-0.2, 0) is 4.79 Å². The average molecular weight is 460 g/mol. The normalized spacial score (nSPS) is 14.6. The van der Waals surface area contributed by atoms with Crippen molar-refractivity contribution in [3.63, 3.8) is 0 Å². The second-order valence-electron chi connectivity index (χ2n) is 8.36. The second-order valence-corrected chi connectivity index (χ2v) is 8.36. The summed E-state index contributed by atoms with van der Waals surface area (Å²) >= 11 is 0. The lowest BCUT2D eigenvalue weighted by Crippen LogP contribution is -2.42. The Balaban J connectivity index is 1.62. The number of nitrogens with zero attached hydrogens (tertiary/aromatic N) is 2. The number of piperidine rings is 1. The standard InChI is InChI=1S/C26H25N3O5/c1-18-12-14-28(15-13-18)26(31)23(27-25(30)19-6-3-2-4-7-19)17-22-10-11-24(34-22)20-8-5-9-21(16-20)29(32)33/h2-11,16-18H,12-15H2,1H3,(H,27,30). The fourth-order valence-corrected chi connectivity index (χ4v) is 3.82. The molecule has 4 rings (SSSR count). The van der Waals surface area contributed by atoms with E-state index in [1.165, 1.54) is 18.2 Å². The molecule has 1 aromatic heterocycles. The summed E-state index contributed by atoms with van der Waals surface area (Å²) in [5.41, 5.74) is 1.05. The number of rotatable bonds is 6. The molecule has 0 unspecified atom stereocenters. The monoisotopic (exact) mass is 459 g/mol. The lowest BCUT2D eigenvalue weighted by Gasteiger charge is -2.31. The van der Waals surface area contributed by atoms with Crippen molar-refractivity contribution < 1.29 is 18.9 Å². The molecule has 1 aliphatic rings. The highest BCUT2D eigenvalue weighted by atomic mass is 16.6. The zero-order valence-electron chi connectivity index (χ0n) is 18.8. The second kappa shape index (κ2) is 10.2. The number of hydrogen-bond acceptors (Lipinski definition) is 5. The molecule has 0 bridgehead atoms. The Morgan fingerprint density at radius 2 is 1.79 bits per heavy atom. The van der Waals surface area contributed by atoms with E-state index >= 15 is 0 Å². The third kappa shape index (κ3) is 5.40. The van der Waals surface area contributed by atoms with Crippen LogP contribution in [0.15, 0.2) is 76.8 Å². The number of benzene rings is 2. The first-order valence-electron chi connectivity index (χ1n) is 11.1. The van der Waals surface area contributed by atoms with Gasteiger partial charge in [0.15, 0.2) is 0 Å². The molecule has 0 aliphatic carbocycles. The molecule has 1 fully saturated rings. The van der Waals surface area contributed by atoms with Gasteiger partial charge in [-0.2, -0.15) is 0 Å². The van der Waals surface area contributed by atoms with Crippen LogP contribution in [0.2, 0.25) is 0 Å². The number of carbonyl (C=O) groups is 2. The third-order valence-electron chi connectivity index (χ3n) is 5.84. The minimum Gasteiger partial charge on any atom is -0.457 e. The molecule has 0 spiro atoms. The first kappa shape index (κ1) is 23.0. The van der Waals surface area contributed by atoms with Crippen molar-refractivity contribution in [1.82, 2.24) is 10.2 Å². The molecule has 34 heavy (non-hydrogen) atoms. The van der Waals surface area contributed by atoms with Gasteiger partial charge < -0.3 is 14.6 Å². The summed E-state index contributed by atoms with van der Waals surface area (Å²) in [7, 11) is 0. The molecular weight excluding hydrogens is 434 g/mol. The summed E-state index contributed by atoms with van der Waals surface area (Å²) in [6.45, 7) is 3.40. The molecule has 2 amide bonds. The Morgan fingerprint density at radius 1 is 1.06 bits per heavy atom. The molecule has 2 heterocycles. The van der Waals surface area contributed by atoms with E-state index in [1.807, 2.05) is 6.07 Å². The Kier molecular flexibility index (Phi) is 6.87. The number of carbonyl (C=O) groups excluding carboxylic acids is 2. The maximum Gasteiger partial charge on any atom is 0.270 e. The van der Waals surface area contributed by atoms with Gasteiger partial charge in [-0.3, -0.25) is 19.7 Å². The van der Waals surface area contributed by atoms with Crippen LogP contribution in [-0.4, -0.2) is 34.7 Å². The van der Waals surface area contributed by atoms with Gasteiger partial charge in [-0.15, -0.1) is 0 Å². The van der Waals surface area contributed by atoms with E-state index in [0.29, 0.717) is 41.7 Å². The van der Waals surface area contributed by atoms with Crippen LogP contribution in [0.25, 0.3) is 17.4 Å². The van der Waals surface area contributed by atoms with Crippen LogP contribution < -0.4 is 5.32 Å². The SMILES string of the molecule is CC1CCN(C(=O)C(=Cc2ccc(-c3cccc([N+](=O)[O-])c3)o2)NC(=O)c2ccccc2)CC1. The van der Waals surface area contributed by atoms with E-state index in [4.69, 9.17) is 4.42 Å². The highest BCUT2D eigenvalue weighted by Gasteiger charge is 2.25. The van der Waals surface area contributed by atoms with Crippen LogP contribution in [0.3, 0.4) is 0 Å². The van der Waals surface area contributed by atoms with Crippen LogP contribution >= 0.6 is 0 Å². The maximum absolute atomic E-state index is 13.3. The molecule has 0 radical (unpaired) electrons. The number of hydrogen-bond donors (Lipinski definition) is 1. The van der Waals surface area contributed by atoms with E-state index in [0.717, 1.165) is 12.8 Å². The van der Waals surface area contributed by atoms with Crippen molar-refractivity contribution in [3.05, 3.63) is 93.9 Å². The predicted octanol–water partition coefficient (Wildman–Crippen LogP) is 4.88. The van der Waals surface area contributed by atoms with Crippen molar-refractivity contribution in [3.8, 4) is 11.3 Å². The molecule has 1 aliphatic heterocycles. The van der Waals surface area contributed by atoms with Gasteiger partial charge >= 0.3 is 0 Å². The molecule has 0 atom stereocenters. The third-order valence-corrected chi connectivity index (χ3v) is 5.84. The van der Waals surface area contributed by atoms with E-state index in [-0.39, 0.29) is 17.3 Å². The fraction of sp³-hybridized carbons (Fsp3) is 0.231. The summed E-state index contributed by atoms with van der Waals surface area (Å²) in [4.78, 5) is 38.4. The predicted molar refractivity (Wildman–Crippen MR) is 128 cm³/mol. The Labute approximate surface area is 197 Å². The van der Waals surface area contributed by atoms with Crippen molar-refractivity contribution in [2.75, 3.05) is 13.1 Å². The molecule has 8 heteroatoms. The molecule has 8 nitrogen and oxygen atoms in total. The lowest BCUT2D eigenvalue weighted by atomic mass is 9.99. The highest BCUT2D eigenvalue weighted by Crippen LogP contribution is 2.27. The maximum atomic E-state index is 13.3. The highest BCUT2D eigenvalue weighted by molar-refractivity contribution is 6.05. The molecule has 0 saturated carbocycles. The van der Waals surface area contributed by atoms with Crippen LogP contribution in [0.1, 0.15) is 35.9 Å². The number of nitro benzene ring substituents is 1. The summed E-state index contributed by atoms with van der Waals surface area (Å²) in [6, 6.07) is 18.1. The molecule has 3 aromatic rings. The zero-order valence-corrected chi connectivity index (χ0v) is 18.8. The Hall–Kier alpha value is -4.20. The summed E-state index contributed by atoms with van der Waals surface area (Å²) < 4.78 is 5.86. The zero-order chi connectivity index (χ0) is 24.1. The van der Waals surface area contributed by atoms with Gasteiger partial charge in [0.1, 0.15) is 17.2 Å². The van der Waals surface area contributed by atoms with E-state index in [9.17, 15) is 19.7 Å². The summed E-state index contributed by atoms with van der Waals surface area (Å²) in [6.07, 6.45) is 3.31. The number of nitrogens with one attached hydrogen (secondary N) is 1. The number of non-ortho nitro benzene ring substituents is 1. The molecule has 2 aromatic carbocycles. The van der Waals surface area contributed by atoms with Crippen LogP contribution in [0, 0.1) is 16.0 Å².